The molecule has 0 bridgehead atoms. The molecule has 1 atom stereocenters. The predicted molar refractivity (Wildman–Crippen MR) is 96.2 cm³/mol. The van der Waals surface area contributed by atoms with E-state index < -0.39 is 0 Å². The Bertz CT molecular complexity index is 750. The van der Waals surface area contributed by atoms with Crippen LogP contribution in [0, 0.1) is 12.8 Å². The van der Waals surface area contributed by atoms with Crippen molar-refractivity contribution in [1.82, 2.24) is 4.90 Å². The van der Waals surface area contributed by atoms with Crippen molar-refractivity contribution in [2.24, 2.45) is 5.92 Å². The maximum Gasteiger partial charge on any atom is 0.233 e. The molecule has 0 radical (unpaired) electrons. The Balaban J connectivity index is 1.60. The lowest BCUT2D eigenvalue weighted by molar-refractivity contribution is -0.140. The summed E-state index contributed by atoms with van der Waals surface area (Å²) < 4.78 is 5.13. The number of hydrogen-bond donors (Lipinski definition) is 0. The third-order valence-electron chi connectivity index (χ3n) is 4.74. The van der Waals surface area contributed by atoms with Gasteiger partial charge in [-0.1, -0.05) is 42.0 Å². The van der Waals surface area contributed by atoms with Crippen molar-refractivity contribution in [2.45, 2.75) is 32.7 Å². The molecular weight excluding hydrogens is 314 g/mol. The first-order chi connectivity index (χ1) is 12.1. The number of rotatable bonds is 6. The van der Waals surface area contributed by atoms with Crippen molar-refractivity contribution in [2.75, 3.05) is 7.11 Å². The van der Waals surface area contributed by atoms with E-state index in [1.165, 1.54) is 16.0 Å². The Hall–Kier alpha value is -2.62. The Morgan fingerprint density at radius 2 is 1.64 bits per heavy atom. The summed E-state index contributed by atoms with van der Waals surface area (Å²) in [6.45, 7) is 2.39. The fourth-order valence-electron chi connectivity index (χ4n) is 3.15. The second-order valence-corrected chi connectivity index (χ2v) is 6.59. The van der Waals surface area contributed by atoms with E-state index in [0.717, 1.165) is 17.7 Å². The van der Waals surface area contributed by atoms with Crippen LogP contribution in [0.15, 0.2) is 48.5 Å². The zero-order chi connectivity index (χ0) is 17.8. The quantitative estimate of drug-likeness (QED) is 0.758. The first-order valence-electron chi connectivity index (χ1n) is 8.59. The molecule has 4 nitrogen and oxygen atoms in total. The largest absolute Gasteiger partial charge is 0.497 e. The molecule has 1 fully saturated rings. The lowest BCUT2D eigenvalue weighted by Gasteiger charge is -2.15. The number of methoxy groups -OCH3 is 1. The summed E-state index contributed by atoms with van der Waals surface area (Å²) in [6, 6.07) is 15.8. The number of benzene rings is 2. The molecule has 1 aliphatic heterocycles. The van der Waals surface area contributed by atoms with Crippen LogP contribution in [-0.2, 0) is 22.6 Å². The van der Waals surface area contributed by atoms with Crippen molar-refractivity contribution >= 4 is 11.8 Å². The predicted octanol–water partition coefficient (Wildman–Crippen LogP) is 3.51. The molecule has 1 heterocycles. The molecular formula is C21H23NO3. The van der Waals surface area contributed by atoms with Gasteiger partial charge >= 0.3 is 0 Å². The number of hydrogen-bond acceptors (Lipinski definition) is 3. The van der Waals surface area contributed by atoms with Crippen molar-refractivity contribution in [3.8, 4) is 5.75 Å². The fourth-order valence-corrected chi connectivity index (χ4v) is 3.15. The Morgan fingerprint density at radius 1 is 1.00 bits per heavy atom. The second-order valence-electron chi connectivity index (χ2n) is 6.59. The van der Waals surface area contributed by atoms with Gasteiger partial charge in [-0.05, 0) is 43.0 Å². The molecule has 1 aliphatic rings. The van der Waals surface area contributed by atoms with Gasteiger partial charge in [0.2, 0.25) is 11.8 Å². The molecule has 1 saturated heterocycles. The molecule has 130 valence electrons. The van der Waals surface area contributed by atoms with Crippen LogP contribution in [0.25, 0.3) is 0 Å². The standard InChI is InChI=1S/C21H23NO3/c1-15-3-5-16(6-4-15)7-10-18-13-20(23)22(21(18)24)14-17-8-11-19(25-2)12-9-17/h3-6,8-9,11-12,18H,7,10,13-14H2,1-2H3/t18-/m1/s1. The van der Waals surface area contributed by atoms with E-state index in [0.29, 0.717) is 19.4 Å². The maximum atomic E-state index is 12.6. The van der Waals surface area contributed by atoms with E-state index in [4.69, 9.17) is 4.74 Å². The summed E-state index contributed by atoms with van der Waals surface area (Å²) >= 11 is 0. The van der Waals surface area contributed by atoms with Gasteiger partial charge in [-0.3, -0.25) is 14.5 Å². The highest BCUT2D eigenvalue weighted by Gasteiger charge is 2.37. The lowest BCUT2D eigenvalue weighted by Crippen LogP contribution is -2.30. The van der Waals surface area contributed by atoms with Crippen molar-refractivity contribution in [3.05, 3.63) is 65.2 Å². The van der Waals surface area contributed by atoms with Crippen LogP contribution < -0.4 is 4.74 Å². The minimum atomic E-state index is -0.202. The summed E-state index contributed by atoms with van der Waals surface area (Å²) in [5.74, 6) is 0.438. The number of aryl methyl sites for hydroxylation is 2. The Morgan fingerprint density at radius 3 is 2.28 bits per heavy atom. The smallest absolute Gasteiger partial charge is 0.233 e. The highest BCUT2D eigenvalue weighted by molar-refractivity contribution is 6.03. The van der Waals surface area contributed by atoms with Crippen molar-refractivity contribution < 1.29 is 14.3 Å². The number of imide groups is 1. The molecule has 4 heteroatoms. The third-order valence-corrected chi connectivity index (χ3v) is 4.74. The van der Waals surface area contributed by atoms with Gasteiger partial charge in [0, 0.05) is 12.3 Å². The number of amides is 2. The lowest BCUT2D eigenvalue weighted by atomic mass is 9.97. The monoisotopic (exact) mass is 337 g/mol. The molecule has 0 spiro atoms. The van der Waals surface area contributed by atoms with Crippen LogP contribution in [0.5, 0.6) is 5.75 Å². The van der Waals surface area contributed by atoms with E-state index in [9.17, 15) is 9.59 Å². The zero-order valence-corrected chi connectivity index (χ0v) is 14.7. The average Bonchev–Trinajstić information content (AvgIpc) is 2.89. The molecule has 3 rings (SSSR count). The van der Waals surface area contributed by atoms with Gasteiger partial charge in [0.05, 0.1) is 13.7 Å². The van der Waals surface area contributed by atoms with Crippen LogP contribution >= 0.6 is 0 Å². The number of likely N-dealkylation sites (tertiary alicyclic amines) is 1. The highest BCUT2D eigenvalue weighted by Crippen LogP contribution is 2.26. The van der Waals surface area contributed by atoms with E-state index in [-0.39, 0.29) is 17.7 Å². The summed E-state index contributed by atoms with van der Waals surface area (Å²) in [7, 11) is 1.61. The second kappa shape index (κ2) is 7.51. The van der Waals surface area contributed by atoms with Crippen molar-refractivity contribution in [3.63, 3.8) is 0 Å². The number of ether oxygens (including phenoxy) is 1. The Labute approximate surface area is 148 Å². The molecule has 2 amide bonds. The molecule has 2 aromatic rings. The number of nitrogens with zero attached hydrogens (tertiary/aromatic N) is 1. The molecule has 0 aromatic heterocycles. The van der Waals surface area contributed by atoms with Crippen LogP contribution in [0.2, 0.25) is 0 Å². The van der Waals surface area contributed by atoms with Crippen LogP contribution in [-0.4, -0.2) is 23.8 Å². The van der Waals surface area contributed by atoms with E-state index >= 15 is 0 Å². The third kappa shape index (κ3) is 4.08. The number of carbonyl (C=O) groups is 2. The normalized spacial score (nSPS) is 17.2. The first-order valence-corrected chi connectivity index (χ1v) is 8.59. The molecule has 0 saturated carbocycles. The van der Waals surface area contributed by atoms with Crippen LogP contribution in [0.3, 0.4) is 0 Å². The maximum absolute atomic E-state index is 12.6. The van der Waals surface area contributed by atoms with E-state index in [1.807, 2.05) is 24.3 Å². The SMILES string of the molecule is COc1ccc(CN2C(=O)C[C@@H](CCc3ccc(C)cc3)C2=O)cc1. The zero-order valence-electron chi connectivity index (χ0n) is 14.7. The molecule has 25 heavy (non-hydrogen) atoms. The summed E-state index contributed by atoms with van der Waals surface area (Å²) in [5, 5.41) is 0. The molecule has 2 aromatic carbocycles. The van der Waals surface area contributed by atoms with Crippen LogP contribution in [0.1, 0.15) is 29.5 Å². The Kier molecular flexibility index (Phi) is 5.17. The minimum absolute atomic E-state index is 0.0482. The van der Waals surface area contributed by atoms with Crippen LogP contribution in [0.4, 0.5) is 0 Å². The topological polar surface area (TPSA) is 46.6 Å². The molecule has 0 aliphatic carbocycles. The van der Waals surface area contributed by atoms with Gasteiger partial charge in [-0.25, -0.2) is 0 Å². The van der Waals surface area contributed by atoms with E-state index in [2.05, 4.69) is 31.2 Å². The molecule has 0 unspecified atom stereocenters. The van der Waals surface area contributed by atoms with Gasteiger partial charge < -0.3 is 4.74 Å². The van der Waals surface area contributed by atoms with E-state index in [1.54, 1.807) is 7.11 Å². The number of carbonyl (C=O) groups excluding carboxylic acids is 2. The van der Waals surface area contributed by atoms with Gasteiger partial charge in [0.15, 0.2) is 0 Å². The van der Waals surface area contributed by atoms with Gasteiger partial charge in [0.1, 0.15) is 5.75 Å². The van der Waals surface area contributed by atoms with Gasteiger partial charge in [0.25, 0.3) is 0 Å². The highest BCUT2D eigenvalue weighted by atomic mass is 16.5. The van der Waals surface area contributed by atoms with Gasteiger partial charge in [-0.2, -0.15) is 0 Å². The average molecular weight is 337 g/mol. The van der Waals surface area contributed by atoms with Crippen molar-refractivity contribution in [1.29, 1.82) is 0 Å². The summed E-state index contributed by atoms with van der Waals surface area (Å²) in [6.07, 6.45) is 1.86. The fraction of sp³-hybridized carbons (Fsp3) is 0.333. The summed E-state index contributed by atoms with van der Waals surface area (Å²) in [5.41, 5.74) is 3.36. The summed E-state index contributed by atoms with van der Waals surface area (Å²) in [4.78, 5) is 26.2. The minimum Gasteiger partial charge on any atom is -0.497 e. The molecule has 0 N–H and O–H groups in total. The first kappa shape index (κ1) is 17.2. The van der Waals surface area contributed by atoms with Gasteiger partial charge in [-0.15, -0.1) is 0 Å².